The van der Waals surface area contributed by atoms with Gasteiger partial charge in [-0.15, -0.1) is 0 Å². The molecule has 1 aromatic heterocycles. The molecule has 2 unspecified atom stereocenters. The summed E-state index contributed by atoms with van der Waals surface area (Å²) in [5, 5.41) is 18.4. The van der Waals surface area contributed by atoms with Crippen molar-refractivity contribution in [3.05, 3.63) is 47.0 Å². The van der Waals surface area contributed by atoms with Gasteiger partial charge in [-0.3, -0.25) is 4.90 Å². The van der Waals surface area contributed by atoms with Crippen LogP contribution in [0.25, 0.3) is 0 Å². The van der Waals surface area contributed by atoms with Gasteiger partial charge in [-0.2, -0.15) is 5.10 Å². The number of aliphatic hydroxyl groups is 1. The summed E-state index contributed by atoms with van der Waals surface area (Å²) in [4.78, 5) is 6.80. The second kappa shape index (κ2) is 7.23. The molecule has 6 heteroatoms. The highest BCUT2D eigenvalue weighted by molar-refractivity contribution is 5.29. The zero-order chi connectivity index (χ0) is 17.2. The highest BCUT2D eigenvalue weighted by atomic mass is 16.3. The van der Waals surface area contributed by atoms with Gasteiger partial charge >= 0.3 is 0 Å². The number of rotatable bonds is 5. The molecule has 0 spiro atoms. The highest BCUT2D eigenvalue weighted by Crippen LogP contribution is 2.18. The van der Waals surface area contributed by atoms with Crippen LogP contribution in [0.4, 0.5) is 0 Å². The van der Waals surface area contributed by atoms with Gasteiger partial charge in [0.2, 0.25) is 0 Å². The zero-order valence-corrected chi connectivity index (χ0v) is 14.9. The Labute approximate surface area is 148 Å². The molecule has 0 amide bonds. The summed E-state index contributed by atoms with van der Waals surface area (Å²) in [5.41, 5.74) is 2.85. The van der Waals surface area contributed by atoms with Crippen LogP contribution in [0.1, 0.15) is 29.2 Å². The first-order valence-electron chi connectivity index (χ1n) is 9.28. The summed E-state index contributed by atoms with van der Waals surface area (Å²) in [6.07, 6.45) is 2.75. The summed E-state index contributed by atoms with van der Waals surface area (Å²) in [5.74, 6) is 1.93. The average molecular weight is 341 g/mol. The number of hydrogen-bond acceptors (Lipinski definition) is 5. The van der Waals surface area contributed by atoms with Gasteiger partial charge < -0.3 is 10.4 Å². The number of nitrogens with zero attached hydrogens (tertiary/aromatic N) is 4. The Morgan fingerprint density at radius 3 is 3.00 bits per heavy atom. The lowest BCUT2D eigenvalue weighted by molar-refractivity contribution is 0.1000. The smallest absolute Gasteiger partial charge is 0.147 e. The number of hydrogen-bond donors (Lipinski definition) is 2. The maximum absolute atomic E-state index is 10.4. The molecule has 25 heavy (non-hydrogen) atoms. The largest absolute Gasteiger partial charge is 0.390 e. The van der Waals surface area contributed by atoms with Crippen molar-refractivity contribution in [1.82, 2.24) is 25.0 Å². The van der Waals surface area contributed by atoms with E-state index in [9.17, 15) is 5.11 Å². The third-order valence-corrected chi connectivity index (χ3v) is 5.28. The third-order valence-electron chi connectivity index (χ3n) is 5.28. The number of aryl methyl sites for hydroxylation is 2. The predicted octanol–water partition coefficient (Wildman–Crippen LogP) is 0.910. The Hall–Kier alpha value is -1.76. The summed E-state index contributed by atoms with van der Waals surface area (Å²) < 4.78 is 2.00. The number of nitrogens with one attached hydrogen (secondary N) is 1. The number of β-amino-alcohol motifs (C(OH)–C–C–N with tert-alkyl or cyclic N) is 1. The first kappa shape index (κ1) is 16.7. The van der Waals surface area contributed by atoms with E-state index >= 15 is 0 Å². The van der Waals surface area contributed by atoms with Crippen LogP contribution in [-0.2, 0) is 25.9 Å². The van der Waals surface area contributed by atoms with Crippen molar-refractivity contribution in [2.24, 2.45) is 0 Å². The fraction of sp³-hybridized carbons (Fsp3) is 0.579. The topological polar surface area (TPSA) is 66.2 Å². The normalized spacial score (nSPS) is 21.6. The second-order valence-corrected chi connectivity index (χ2v) is 7.31. The number of benzene rings is 1. The Morgan fingerprint density at radius 1 is 1.28 bits per heavy atom. The molecule has 3 heterocycles. The van der Waals surface area contributed by atoms with Crippen molar-refractivity contribution in [3.63, 3.8) is 0 Å². The van der Waals surface area contributed by atoms with Gasteiger partial charge in [-0.25, -0.2) is 9.67 Å². The van der Waals surface area contributed by atoms with Gasteiger partial charge in [0.05, 0.1) is 12.6 Å². The Bertz CT molecular complexity index is 728. The molecule has 2 aliphatic heterocycles. The molecule has 2 aliphatic rings. The molecule has 1 aromatic carbocycles. The second-order valence-electron chi connectivity index (χ2n) is 7.31. The molecule has 0 bridgehead atoms. The molecule has 2 atom stereocenters. The Kier molecular flexibility index (Phi) is 4.83. The number of aromatic nitrogens is 3. The van der Waals surface area contributed by atoms with E-state index in [2.05, 4.69) is 44.6 Å². The Balaban J connectivity index is 1.24. The molecule has 0 radical (unpaired) electrons. The van der Waals surface area contributed by atoms with Crippen LogP contribution in [0.5, 0.6) is 0 Å². The van der Waals surface area contributed by atoms with Gasteiger partial charge in [0.25, 0.3) is 0 Å². The standard InChI is InChI=1S/C19H27N5O/c1-14-21-19-7-6-17(12-24(19)22-14)20-10-18(25)13-23-9-8-15-4-2-3-5-16(15)11-23/h2-5,17-18,20,25H,6-13H2,1H3. The van der Waals surface area contributed by atoms with Crippen LogP contribution in [-0.4, -0.2) is 56.6 Å². The van der Waals surface area contributed by atoms with Crippen molar-refractivity contribution >= 4 is 0 Å². The van der Waals surface area contributed by atoms with Crippen molar-refractivity contribution in [2.45, 2.75) is 51.4 Å². The maximum Gasteiger partial charge on any atom is 0.147 e. The van der Waals surface area contributed by atoms with Crippen LogP contribution in [0.15, 0.2) is 24.3 Å². The number of fused-ring (bicyclic) bond motifs is 2. The minimum Gasteiger partial charge on any atom is -0.390 e. The molecule has 0 fully saturated rings. The van der Waals surface area contributed by atoms with Crippen LogP contribution in [0, 0.1) is 6.92 Å². The molecule has 4 rings (SSSR count). The zero-order valence-electron chi connectivity index (χ0n) is 14.9. The van der Waals surface area contributed by atoms with Crippen LogP contribution in [0.3, 0.4) is 0 Å². The van der Waals surface area contributed by atoms with Gasteiger partial charge in [0.1, 0.15) is 11.6 Å². The van der Waals surface area contributed by atoms with Gasteiger partial charge in [-0.1, -0.05) is 24.3 Å². The van der Waals surface area contributed by atoms with Gasteiger partial charge in [0.15, 0.2) is 0 Å². The van der Waals surface area contributed by atoms with E-state index in [4.69, 9.17) is 0 Å². The Morgan fingerprint density at radius 2 is 2.12 bits per heavy atom. The van der Waals surface area contributed by atoms with Crippen molar-refractivity contribution in [3.8, 4) is 0 Å². The van der Waals surface area contributed by atoms with Crippen molar-refractivity contribution in [2.75, 3.05) is 19.6 Å². The lowest BCUT2D eigenvalue weighted by atomic mass is 10.00. The minimum absolute atomic E-state index is 0.343. The first-order valence-corrected chi connectivity index (χ1v) is 9.28. The van der Waals surface area contributed by atoms with E-state index in [1.54, 1.807) is 0 Å². The van der Waals surface area contributed by atoms with E-state index in [-0.39, 0.29) is 6.10 Å². The SMILES string of the molecule is Cc1nc2n(n1)CC(NCC(O)CN1CCc3ccccc3C1)CC2. The predicted molar refractivity (Wildman–Crippen MR) is 96.3 cm³/mol. The lowest BCUT2D eigenvalue weighted by Crippen LogP contribution is -2.45. The molecule has 134 valence electrons. The van der Waals surface area contributed by atoms with E-state index in [1.165, 1.54) is 11.1 Å². The summed E-state index contributed by atoms with van der Waals surface area (Å²) in [6.45, 7) is 6.11. The molecule has 2 N–H and O–H groups in total. The molecular weight excluding hydrogens is 314 g/mol. The van der Waals surface area contributed by atoms with E-state index in [0.717, 1.165) is 57.1 Å². The first-order chi connectivity index (χ1) is 12.2. The molecule has 0 aliphatic carbocycles. The molecule has 0 saturated carbocycles. The lowest BCUT2D eigenvalue weighted by Gasteiger charge is -2.31. The monoisotopic (exact) mass is 341 g/mol. The maximum atomic E-state index is 10.4. The average Bonchev–Trinajstić information content (AvgIpc) is 2.99. The summed E-state index contributed by atoms with van der Waals surface area (Å²) in [6, 6.07) is 8.99. The summed E-state index contributed by atoms with van der Waals surface area (Å²) >= 11 is 0. The van der Waals surface area contributed by atoms with Gasteiger partial charge in [-0.05, 0) is 30.9 Å². The van der Waals surface area contributed by atoms with E-state index in [1.807, 2.05) is 11.6 Å². The van der Waals surface area contributed by atoms with Crippen molar-refractivity contribution < 1.29 is 5.11 Å². The van der Waals surface area contributed by atoms with Crippen LogP contribution >= 0.6 is 0 Å². The van der Waals surface area contributed by atoms with Gasteiger partial charge in [0, 0.05) is 38.6 Å². The molecule has 0 saturated heterocycles. The highest BCUT2D eigenvalue weighted by Gasteiger charge is 2.22. The summed E-state index contributed by atoms with van der Waals surface area (Å²) in [7, 11) is 0. The van der Waals surface area contributed by atoms with E-state index < -0.39 is 0 Å². The molecule has 2 aromatic rings. The molecule has 6 nitrogen and oxygen atoms in total. The van der Waals surface area contributed by atoms with Crippen LogP contribution in [0.2, 0.25) is 0 Å². The molecular formula is C19H27N5O. The fourth-order valence-electron chi connectivity index (χ4n) is 3.98. The quantitative estimate of drug-likeness (QED) is 0.846. The van der Waals surface area contributed by atoms with Crippen molar-refractivity contribution in [1.29, 1.82) is 0 Å². The number of aliphatic hydroxyl groups excluding tert-OH is 1. The third kappa shape index (κ3) is 3.92. The fourth-order valence-corrected chi connectivity index (χ4v) is 3.98. The van der Waals surface area contributed by atoms with Crippen LogP contribution < -0.4 is 5.32 Å². The van der Waals surface area contributed by atoms with E-state index in [0.29, 0.717) is 12.6 Å². The minimum atomic E-state index is -0.343.